The minimum Gasteiger partial charge on any atom is -0.493 e. The molecule has 0 amide bonds. The fourth-order valence-electron chi connectivity index (χ4n) is 2.03. The van der Waals surface area contributed by atoms with Crippen LogP contribution in [-0.2, 0) is 11.5 Å². The van der Waals surface area contributed by atoms with Gasteiger partial charge in [-0.3, -0.25) is 0 Å². The Bertz CT molecular complexity index is 605. The number of fused-ring (bicyclic) bond motifs is 1. The molecule has 2 aromatic rings. The number of benzene rings is 1. The van der Waals surface area contributed by atoms with Crippen molar-refractivity contribution in [2.75, 3.05) is 20.8 Å². The summed E-state index contributed by atoms with van der Waals surface area (Å²) in [6.07, 6.45) is 1.79. The van der Waals surface area contributed by atoms with E-state index in [-0.39, 0.29) is 0 Å². The van der Waals surface area contributed by atoms with E-state index in [0.717, 1.165) is 23.7 Å². The first kappa shape index (κ1) is 15.8. The van der Waals surface area contributed by atoms with Crippen molar-refractivity contribution >= 4 is 19.1 Å². The van der Waals surface area contributed by atoms with Gasteiger partial charge in [-0.1, -0.05) is 19.6 Å². The molecule has 0 N–H and O–H groups in total. The monoisotopic (exact) mass is 308 g/mol. The SMILES string of the molecule is COc1cc2ncn(COCC[Si](C)(C)C)c2cc1OC. The molecule has 21 heavy (non-hydrogen) atoms. The van der Waals surface area contributed by atoms with Gasteiger partial charge in [0, 0.05) is 26.8 Å². The van der Waals surface area contributed by atoms with E-state index in [2.05, 4.69) is 24.6 Å². The molecule has 0 fully saturated rings. The van der Waals surface area contributed by atoms with E-state index in [1.165, 1.54) is 0 Å². The minimum atomic E-state index is -1.05. The molecule has 0 radical (unpaired) electrons. The number of rotatable bonds is 7. The summed E-state index contributed by atoms with van der Waals surface area (Å²) in [5.74, 6) is 1.39. The highest BCUT2D eigenvalue weighted by Gasteiger charge is 2.13. The van der Waals surface area contributed by atoms with Crippen LogP contribution in [0.25, 0.3) is 11.0 Å². The van der Waals surface area contributed by atoms with Crippen molar-refractivity contribution < 1.29 is 14.2 Å². The molecule has 6 heteroatoms. The summed E-state index contributed by atoms with van der Waals surface area (Å²) in [6, 6.07) is 4.98. The predicted octanol–water partition coefficient (Wildman–Crippen LogP) is 3.37. The molecule has 0 atom stereocenters. The third-order valence-electron chi connectivity index (χ3n) is 3.35. The van der Waals surface area contributed by atoms with Crippen LogP contribution < -0.4 is 9.47 Å². The molecule has 0 bridgehead atoms. The first-order valence-electron chi connectivity index (χ1n) is 7.09. The van der Waals surface area contributed by atoms with Crippen molar-refractivity contribution in [3.63, 3.8) is 0 Å². The molecule has 0 aliphatic heterocycles. The third kappa shape index (κ3) is 3.98. The predicted molar refractivity (Wildman–Crippen MR) is 86.9 cm³/mol. The highest BCUT2D eigenvalue weighted by molar-refractivity contribution is 6.76. The second-order valence-corrected chi connectivity index (χ2v) is 11.9. The Morgan fingerprint density at radius 1 is 1.10 bits per heavy atom. The zero-order valence-corrected chi connectivity index (χ0v) is 14.5. The van der Waals surface area contributed by atoms with Gasteiger partial charge in [0.05, 0.1) is 31.6 Å². The van der Waals surface area contributed by atoms with Gasteiger partial charge in [0.15, 0.2) is 11.5 Å². The van der Waals surface area contributed by atoms with E-state index in [4.69, 9.17) is 14.2 Å². The minimum absolute atomic E-state index is 0.510. The van der Waals surface area contributed by atoms with Gasteiger partial charge >= 0.3 is 0 Å². The van der Waals surface area contributed by atoms with Crippen LogP contribution in [0.5, 0.6) is 11.5 Å². The molecule has 0 spiro atoms. The van der Waals surface area contributed by atoms with Crippen LogP contribution in [-0.4, -0.2) is 38.5 Å². The van der Waals surface area contributed by atoms with Gasteiger partial charge in [0.25, 0.3) is 0 Å². The first-order valence-corrected chi connectivity index (χ1v) is 10.8. The number of ether oxygens (including phenoxy) is 3. The summed E-state index contributed by atoms with van der Waals surface area (Å²) in [4.78, 5) is 4.39. The van der Waals surface area contributed by atoms with E-state index >= 15 is 0 Å². The van der Waals surface area contributed by atoms with Crippen LogP contribution in [0.4, 0.5) is 0 Å². The van der Waals surface area contributed by atoms with Gasteiger partial charge in [0.1, 0.15) is 6.73 Å². The number of hydrogen-bond donors (Lipinski definition) is 0. The molecule has 0 aliphatic carbocycles. The normalized spacial score (nSPS) is 11.9. The molecule has 116 valence electrons. The molecule has 0 aliphatic rings. The number of hydrogen-bond acceptors (Lipinski definition) is 4. The number of aromatic nitrogens is 2. The molecule has 5 nitrogen and oxygen atoms in total. The maximum absolute atomic E-state index is 5.78. The summed E-state index contributed by atoms with van der Waals surface area (Å²) in [6.45, 7) is 8.35. The third-order valence-corrected chi connectivity index (χ3v) is 5.06. The van der Waals surface area contributed by atoms with Gasteiger partial charge in [-0.15, -0.1) is 0 Å². The lowest BCUT2D eigenvalue weighted by Gasteiger charge is -2.15. The highest BCUT2D eigenvalue weighted by atomic mass is 28.3. The largest absolute Gasteiger partial charge is 0.493 e. The quantitative estimate of drug-likeness (QED) is 0.581. The zero-order valence-electron chi connectivity index (χ0n) is 13.5. The first-order chi connectivity index (χ1) is 9.94. The van der Waals surface area contributed by atoms with Crippen LogP contribution in [0.1, 0.15) is 0 Å². The Morgan fingerprint density at radius 2 is 1.76 bits per heavy atom. The van der Waals surface area contributed by atoms with Crippen LogP contribution in [0, 0.1) is 0 Å². The standard InChI is InChI=1S/C15H24N2O3Si/c1-18-14-8-12-13(9-15(14)19-2)17(10-16-12)11-20-6-7-21(3,4)5/h8-10H,6-7,11H2,1-5H3. The van der Waals surface area contributed by atoms with Gasteiger partial charge in [0.2, 0.25) is 0 Å². The fourth-order valence-corrected chi connectivity index (χ4v) is 2.79. The molecule has 0 saturated carbocycles. The maximum Gasteiger partial charge on any atom is 0.163 e. The van der Waals surface area contributed by atoms with Crippen molar-refractivity contribution in [1.29, 1.82) is 0 Å². The summed E-state index contributed by atoms with van der Waals surface area (Å²) >= 11 is 0. The van der Waals surface area contributed by atoms with Gasteiger partial charge < -0.3 is 18.8 Å². The molecule has 1 heterocycles. The zero-order chi connectivity index (χ0) is 15.5. The molecule has 1 aromatic carbocycles. The molecular formula is C15H24N2O3Si. The van der Waals surface area contributed by atoms with Gasteiger partial charge in [-0.2, -0.15) is 0 Å². The summed E-state index contributed by atoms with van der Waals surface area (Å²) in [7, 11) is 2.21. The lowest BCUT2D eigenvalue weighted by atomic mass is 10.2. The van der Waals surface area contributed by atoms with Crippen LogP contribution in [0.3, 0.4) is 0 Å². The fraction of sp³-hybridized carbons (Fsp3) is 0.533. The second-order valence-electron chi connectivity index (χ2n) is 6.26. The van der Waals surface area contributed by atoms with Gasteiger partial charge in [-0.05, 0) is 6.04 Å². The molecular weight excluding hydrogens is 284 g/mol. The second kappa shape index (κ2) is 6.49. The van der Waals surface area contributed by atoms with Crippen LogP contribution >= 0.6 is 0 Å². The number of methoxy groups -OCH3 is 2. The van der Waals surface area contributed by atoms with Crippen molar-refractivity contribution in [2.45, 2.75) is 32.4 Å². The van der Waals surface area contributed by atoms with E-state index in [1.54, 1.807) is 20.5 Å². The van der Waals surface area contributed by atoms with Crippen molar-refractivity contribution in [1.82, 2.24) is 9.55 Å². The Hall–Kier alpha value is -1.53. The highest BCUT2D eigenvalue weighted by Crippen LogP contribution is 2.31. The Balaban J connectivity index is 2.10. The average Bonchev–Trinajstić information content (AvgIpc) is 2.83. The number of imidazole rings is 1. The van der Waals surface area contributed by atoms with Crippen molar-refractivity contribution in [3.8, 4) is 11.5 Å². The summed E-state index contributed by atoms with van der Waals surface area (Å²) in [5.41, 5.74) is 1.86. The Morgan fingerprint density at radius 3 is 2.38 bits per heavy atom. The lowest BCUT2D eigenvalue weighted by molar-refractivity contribution is 0.0898. The Kier molecular flexibility index (Phi) is 4.90. The van der Waals surface area contributed by atoms with E-state index < -0.39 is 8.07 Å². The van der Waals surface area contributed by atoms with E-state index in [0.29, 0.717) is 18.2 Å². The molecule has 1 aromatic heterocycles. The van der Waals surface area contributed by atoms with E-state index in [1.807, 2.05) is 16.7 Å². The van der Waals surface area contributed by atoms with Gasteiger partial charge in [-0.25, -0.2) is 4.98 Å². The lowest BCUT2D eigenvalue weighted by Crippen LogP contribution is -2.21. The molecule has 0 unspecified atom stereocenters. The maximum atomic E-state index is 5.78. The number of nitrogens with zero attached hydrogens (tertiary/aromatic N) is 2. The van der Waals surface area contributed by atoms with Crippen molar-refractivity contribution in [3.05, 3.63) is 18.5 Å². The van der Waals surface area contributed by atoms with Crippen molar-refractivity contribution in [2.24, 2.45) is 0 Å². The summed E-state index contributed by atoms with van der Waals surface area (Å²) < 4.78 is 18.4. The van der Waals surface area contributed by atoms with Crippen LogP contribution in [0.15, 0.2) is 18.5 Å². The molecule has 2 rings (SSSR count). The Labute approximate surface area is 126 Å². The average molecular weight is 308 g/mol. The topological polar surface area (TPSA) is 45.5 Å². The summed E-state index contributed by atoms with van der Waals surface area (Å²) in [5, 5.41) is 0. The van der Waals surface area contributed by atoms with E-state index in [9.17, 15) is 0 Å². The van der Waals surface area contributed by atoms with Crippen LogP contribution in [0.2, 0.25) is 25.7 Å². The smallest absolute Gasteiger partial charge is 0.163 e. The molecule has 0 saturated heterocycles.